The summed E-state index contributed by atoms with van der Waals surface area (Å²) in [4.78, 5) is 16.8. The molecule has 0 unspecified atom stereocenters. The van der Waals surface area contributed by atoms with Crippen molar-refractivity contribution in [3.8, 4) is 6.07 Å². The number of rotatable bonds is 5. The fourth-order valence-electron chi connectivity index (χ4n) is 2.97. The van der Waals surface area contributed by atoms with Gasteiger partial charge in [-0.2, -0.15) is 5.26 Å². The minimum atomic E-state index is -0.150. The van der Waals surface area contributed by atoms with Crippen molar-refractivity contribution in [2.75, 3.05) is 18.4 Å². The van der Waals surface area contributed by atoms with E-state index >= 15 is 0 Å². The van der Waals surface area contributed by atoms with Gasteiger partial charge in [0, 0.05) is 22.9 Å². The van der Waals surface area contributed by atoms with Crippen LogP contribution >= 0.6 is 15.9 Å². The highest BCUT2D eigenvalue weighted by molar-refractivity contribution is 9.10. The Labute approximate surface area is 166 Å². The summed E-state index contributed by atoms with van der Waals surface area (Å²) in [7, 11) is 0. The van der Waals surface area contributed by atoms with E-state index in [1.165, 1.54) is 0 Å². The van der Waals surface area contributed by atoms with E-state index in [4.69, 9.17) is 0 Å². The monoisotopic (exact) mass is 422 g/mol. The molecule has 0 atom stereocenters. The van der Waals surface area contributed by atoms with Gasteiger partial charge in [0.2, 0.25) is 0 Å². The topological polar surface area (TPSA) is 77.8 Å². The predicted octanol–water partition coefficient (Wildman–Crippen LogP) is 4.33. The molecule has 0 fully saturated rings. The molecule has 1 aromatic heterocycles. The number of nitriles is 1. The fourth-order valence-corrected chi connectivity index (χ4v) is 3.43. The molecule has 1 heterocycles. The maximum Gasteiger partial charge on any atom is 0.252 e. The summed E-state index contributed by atoms with van der Waals surface area (Å²) in [6.45, 7) is 4.92. The zero-order valence-corrected chi connectivity index (χ0v) is 16.7. The molecule has 0 aliphatic heterocycles. The number of amides is 1. The Bertz CT molecular complexity index is 1060. The Hall–Kier alpha value is -2.91. The lowest BCUT2D eigenvalue weighted by Gasteiger charge is -2.12. The fraction of sp³-hybridized carbons (Fsp3) is 0.190. The first-order chi connectivity index (χ1) is 13.0. The Kier molecular flexibility index (Phi) is 5.72. The zero-order valence-electron chi connectivity index (χ0n) is 15.1. The number of pyridine rings is 1. The SMILES string of the molecule is Cc1cc(C)c2nc(NCCNC(=O)c3ccccc3Br)c(C#N)cc2c1. The van der Waals surface area contributed by atoms with Gasteiger partial charge in [-0.3, -0.25) is 4.79 Å². The number of fused-ring (bicyclic) bond motifs is 1. The average Bonchev–Trinajstić information content (AvgIpc) is 2.65. The summed E-state index contributed by atoms with van der Waals surface area (Å²) in [6.07, 6.45) is 0. The number of nitrogens with one attached hydrogen (secondary N) is 2. The van der Waals surface area contributed by atoms with Gasteiger partial charge >= 0.3 is 0 Å². The van der Waals surface area contributed by atoms with Crippen LogP contribution in [0.3, 0.4) is 0 Å². The number of carbonyl (C=O) groups excluding carboxylic acids is 1. The normalized spacial score (nSPS) is 10.4. The van der Waals surface area contributed by atoms with Gasteiger partial charge < -0.3 is 10.6 Å². The molecule has 0 bridgehead atoms. The number of aryl methyl sites for hydroxylation is 2. The minimum Gasteiger partial charge on any atom is -0.367 e. The molecular weight excluding hydrogens is 404 g/mol. The van der Waals surface area contributed by atoms with Gasteiger partial charge in [0.05, 0.1) is 16.6 Å². The number of hydrogen-bond donors (Lipinski definition) is 2. The lowest BCUT2D eigenvalue weighted by atomic mass is 10.1. The van der Waals surface area contributed by atoms with Crippen LogP contribution in [0.5, 0.6) is 0 Å². The second-order valence-electron chi connectivity index (χ2n) is 6.31. The highest BCUT2D eigenvalue weighted by Gasteiger charge is 2.10. The minimum absolute atomic E-state index is 0.150. The molecule has 0 spiro atoms. The van der Waals surface area contributed by atoms with Crippen LogP contribution in [-0.4, -0.2) is 24.0 Å². The third-order valence-electron chi connectivity index (χ3n) is 4.19. The van der Waals surface area contributed by atoms with E-state index < -0.39 is 0 Å². The summed E-state index contributed by atoms with van der Waals surface area (Å²) in [5.74, 6) is 0.384. The van der Waals surface area contributed by atoms with Crippen molar-refractivity contribution >= 4 is 38.6 Å². The van der Waals surface area contributed by atoms with Crippen molar-refractivity contribution in [3.05, 3.63) is 69.2 Å². The molecular formula is C21H19BrN4O. The summed E-state index contributed by atoms with van der Waals surface area (Å²) in [5.41, 5.74) is 4.16. The number of anilines is 1. The van der Waals surface area contributed by atoms with Crippen molar-refractivity contribution in [1.82, 2.24) is 10.3 Å². The van der Waals surface area contributed by atoms with Gasteiger partial charge in [0.25, 0.3) is 5.91 Å². The van der Waals surface area contributed by atoms with Crippen molar-refractivity contribution in [2.24, 2.45) is 0 Å². The smallest absolute Gasteiger partial charge is 0.252 e. The molecule has 5 nitrogen and oxygen atoms in total. The Morgan fingerprint density at radius 3 is 2.70 bits per heavy atom. The van der Waals surface area contributed by atoms with E-state index in [0.29, 0.717) is 30.0 Å². The molecule has 3 rings (SSSR count). The quantitative estimate of drug-likeness (QED) is 0.599. The molecule has 27 heavy (non-hydrogen) atoms. The number of aromatic nitrogens is 1. The molecule has 0 aliphatic carbocycles. The first-order valence-corrected chi connectivity index (χ1v) is 9.37. The third kappa shape index (κ3) is 4.26. The molecule has 0 aliphatic rings. The van der Waals surface area contributed by atoms with E-state index in [-0.39, 0.29) is 5.91 Å². The van der Waals surface area contributed by atoms with E-state index in [2.05, 4.69) is 43.7 Å². The number of nitrogens with zero attached hydrogens (tertiary/aromatic N) is 2. The number of carbonyl (C=O) groups is 1. The van der Waals surface area contributed by atoms with Crippen LogP contribution in [-0.2, 0) is 0 Å². The standard InChI is InChI=1S/C21H19BrN4O/c1-13-9-14(2)19-15(10-13)11-16(12-23)20(26-19)24-7-8-25-21(27)17-5-3-4-6-18(17)22/h3-6,9-11H,7-8H2,1-2H3,(H,24,26)(H,25,27). The molecule has 0 saturated heterocycles. The highest BCUT2D eigenvalue weighted by Crippen LogP contribution is 2.24. The first-order valence-electron chi connectivity index (χ1n) is 8.58. The van der Waals surface area contributed by atoms with E-state index in [9.17, 15) is 10.1 Å². The lowest BCUT2D eigenvalue weighted by molar-refractivity contribution is 0.0954. The van der Waals surface area contributed by atoms with Crippen LogP contribution in [0.1, 0.15) is 27.0 Å². The Morgan fingerprint density at radius 2 is 1.96 bits per heavy atom. The Balaban J connectivity index is 1.69. The number of hydrogen-bond acceptors (Lipinski definition) is 4. The van der Waals surface area contributed by atoms with Gasteiger partial charge in [-0.25, -0.2) is 4.98 Å². The van der Waals surface area contributed by atoms with Crippen molar-refractivity contribution in [3.63, 3.8) is 0 Å². The molecule has 3 aromatic rings. The zero-order chi connectivity index (χ0) is 19.4. The van der Waals surface area contributed by atoms with Crippen molar-refractivity contribution in [1.29, 1.82) is 5.26 Å². The highest BCUT2D eigenvalue weighted by atomic mass is 79.9. The van der Waals surface area contributed by atoms with Crippen LogP contribution in [0.4, 0.5) is 5.82 Å². The largest absolute Gasteiger partial charge is 0.367 e. The molecule has 0 saturated carbocycles. The first kappa shape index (κ1) is 18.9. The second kappa shape index (κ2) is 8.19. The summed E-state index contributed by atoms with van der Waals surface area (Å²) < 4.78 is 0.754. The van der Waals surface area contributed by atoms with E-state index in [0.717, 1.165) is 26.5 Å². The summed E-state index contributed by atoms with van der Waals surface area (Å²) in [6, 6.07) is 15.4. The predicted molar refractivity (Wildman–Crippen MR) is 111 cm³/mol. The van der Waals surface area contributed by atoms with Crippen LogP contribution < -0.4 is 10.6 Å². The molecule has 136 valence electrons. The summed E-state index contributed by atoms with van der Waals surface area (Å²) >= 11 is 3.37. The van der Waals surface area contributed by atoms with Gasteiger partial charge in [-0.15, -0.1) is 0 Å². The summed E-state index contributed by atoms with van der Waals surface area (Å²) in [5, 5.41) is 16.4. The van der Waals surface area contributed by atoms with Gasteiger partial charge in [0.1, 0.15) is 11.9 Å². The maximum atomic E-state index is 12.2. The van der Waals surface area contributed by atoms with Crippen LogP contribution in [0.2, 0.25) is 0 Å². The third-order valence-corrected chi connectivity index (χ3v) is 4.89. The van der Waals surface area contributed by atoms with Crippen LogP contribution in [0.15, 0.2) is 46.9 Å². The van der Waals surface area contributed by atoms with E-state index in [1.54, 1.807) is 6.07 Å². The number of benzene rings is 2. The second-order valence-corrected chi connectivity index (χ2v) is 7.17. The molecule has 1 amide bonds. The average molecular weight is 423 g/mol. The molecule has 0 radical (unpaired) electrons. The number of halogens is 1. The van der Waals surface area contributed by atoms with Crippen LogP contribution in [0.25, 0.3) is 10.9 Å². The molecule has 2 aromatic carbocycles. The molecule has 2 N–H and O–H groups in total. The van der Waals surface area contributed by atoms with Gasteiger partial charge in [0.15, 0.2) is 0 Å². The molecule has 6 heteroatoms. The lowest BCUT2D eigenvalue weighted by Crippen LogP contribution is -2.29. The van der Waals surface area contributed by atoms with E-state index in [1.807, 2.05) is 44.2 Å². The van der Waals surface area contributed by atoms with Gasteiger partial charge in [-0.05, 0) is 59.6 Å². The van der Waals surface area contributed by atoms with Crippen molar-refractivity contribution in [2.45, 2.75) is 13.8 Å². The maximum absolute atomic E-state index is 12.2. The Morgan fingerprint density at radius 1 is 1.19 bits per heavy atom. The van der Waals surface area contributed by atoms with Crippen molar-refractivity contribution < 1.29 is 4.79 Å². The van der Waals surface area contributed by atoms with Gasteiger partial charge in [-0.1, -0.05) is 23.8 Å². The van der Waals surface area contributed by atoms with Crippen LogP contribution in [0, 0.1) is 25.2 Å².